The van der Waals surface area contributed by atoms with Crippen molar-refractivity contribution in [2.75, 3.05) is 11.0 Å². The van der Waals surface area contributed by atoms with Crippen molar-refractivity contribution in [1.29, 1.82) is 0 Å². The first kappa shape index (κ1) is 25.5. The van der Waals surface area contributed by atoms with Gasteiger partial charge >= 0.3 is 0 Å². The summed E-state index contributed by atoms with van der Waals surface area (Å²) in [5, 5.41) is 2.74. The molecule has 1 aromatic carbocycles. The largest absolute Gasteiger partial charge is 0.346 e. The predicted octanol–water partition coefficient (Wildman–Crippen LogP) is 4.69. The Balaban J connectivity index is 2.07. The van der Waals surface area contributed by atoms with Gasteiger partial charge in [-0.2, -0.15) is 0 Å². The van der Waals surface area contributed by atoms with Crippen molar-refractivity contribution in [2.24, 2.45) is 0 Å². The third-order valence-corrected chi connectivity index (χ3v) is 5.37. The van der Waals surface area contributed by atoms with Gasteiger partial charge in [0.15, 0.2) is 0 Å². The molecule has 174 valence electrons. The number of carbonyl (C=O) groups excluding carboxylic acids is 1. The highest BCUT2D eigenvalue weighted by atomic mass is 32.2. The van der Waals surface area contributed by atoms with E-state index in [2.05, 4.69) is 21.9 Å². The number of pyridine rings is 1. The molecule has 1 amide bonds. The van der Waals surface area contributed by atoms with E-state index in [0.29, 0.717) is 17.7 Å². The smallest absolute Gasteiger partial charge is 0.244 e. The van der Waals surface area contributed by atoms with Crippen molar-refractivity contribution in [3.8, 4) is 0 Å². The molecular weight excluding hydrogens is 436 g/mol. The lowest BCUT2D eigenvalue weighted by Crippen LogP contribution is -2.24. The zero-order valence-electron chi connectivity index (χ0n) is 18.5. The zero-order chi connectivity index (χ0) is 23.7. The van der Waals surface area contributed by atoms with Crippen LogP contribution in [0.25, 0.3) is 6.08 Å². The molecule has 1 aromatic heterocycles. The average molecular weight is 466 g/mol. The number of unbranched alkanes of at least 4 members (excludes halogenated alkanes) is 2. The highest BCUT2D eigenvalue weighted by Crippen LogP contribution is 2.21. The number of aryl methyl sites for hydroxylation is 1. The van der Waals surface area contributed by atoms with Crippen LogP contribution >= 0.6 is 0 Å². The molecule has 1 atom stereocenters. The number of halogens is 2. The summed E-state index contributed by atoms with van der Waals surface area (Å²) in [6, 6.07) is 6.86. The van der Waals surface area contributed by atoms with Gasteiger partial charge in [-0.15, -0.1) is 0 Å². The molecule has 1 heterocycles. The van der Waals surface area contributed by atoms with Gasteiger partial charge in [-0.3, -0.25) is 14.5 Å². The highest BCUT2D eigenvalue weighted by molar-refractivity contribution is 7.92. The summed E-state index contributed by atoms with van der Waals surface area (Å²) >= 11 is 0. The van der Waals surface area contributed by atoms with Crippen LogP contribution in [0.3, 0.4) is 0 Å². The van der Waals surface area contributed by atoms with Crippen LogP contribution in [0, 0.1) is 5.82 Å². The maximum Gasteiger partial charge on any atom is 0.244 e. The van der Waals surface area contributed by atoms with Crippen molar-refractivity contribution in [2.45, 2.75) is 52.2 Å². The van der Waals surface area contributed by atoms with Gasteiger partial charge in [0.05, 0.1) is 23.7 Å². The second kappa shape index (κ2) is 11.7. The van der Waals surface area contributed by atoms with Crippen molar-refractivity contribution in [1.82, 2.24) is 10.3 Å². The molecule has 0 spiro atoms. The number of anilines is 1. The molecule has 0 fully saturated rings. The maximum absolute atomic E-state index is 14.2. The molecule has 0 aliphatic heterocycles. The van der Waals surface area contributed by atoms with Crippen LogP contribution in [-0.4, -0.2) is 25.6 Å². The van der Waals surface area contributed by atoms with E-state index in [9.17, 15) is 22.0 Å². The number of rotatable bonds is 11. The molecule has 2 rings (SSSR count). The van der Waals surface area contributed by atoms with Gasteiger partial charge < -0.3 is 5.32 Å². The average Bonchev–Trinajstić information content (AvgIpc) is 2.73. The van der Waals surface area contributed by atoms with Crippen LogP contribution < -0.4 is 10.0 Å². The molecule has 9 heteroatoms. The van der Waals surface area contributed by atoms with E-state index in [0.717, 1.165) is 36.8 Å². The molecule has 6 nitrogen and oxygen atoms in total. The summed E-state index contributed by atoms with van der Waals surface area (Å²) in [5.41, 5.74) is 2.19. The second-order valence-electron chi connectivity index (χ2n) is 7.61. The number of aromatic nitrogens is 1. The number of hydrogen-bond acceptors (Lipinski definition) is 4. The Morgan fingerprint density at radius 3 is 2.59 bits per heavy atom. The summed E-state index contributed by atoms with van der Waals surface area (Å²) in [6.07, 6.45) is 7.66. The molecule has 32 heavy (non-hydrogen) atoms. The van der Waals surface area contributed by atoms with E-state index in [1.165, 1.54) is 24.3 Å². The quantitative estimate of drug-likeness (QED) is 0.372. The highest BCUT2D eigenvalue weighted by Gasteiger charge is 2.13. The number of sulfonamides is 1. The Morgan fingerprint density at radius 1 is 1.22 bits per heavy atom. The van der Waals surface area contributed by atoms with Gasteiger partial charge in [0.2, 0.25) is 15.9 Å². The van der Waals surface area contributed by atoms with Crippen molar-refractivity contribution < 1.29 is 22.0 Å². The number of nitrogens with zero attached hydrogens (tertiary/aromatic N) is 1. The number of carbonyl (C=O) groups is 1. The van der Waals surface area contributed by atoms with E-state index < -0.39 is 28.6 Å². The molecule has 0 bridgehead atoms. The Morgan fingerprint density at radius 2 is 1.97 bits per heavy atom. The van der Waals surface area contributed by atoms with Gasteiger partial charge in [-0.1, -0.05) is 31.9 Å². The molecule has 2 N–H and O–H groups in total. The van der Waals surface area contributed by atoms with Crippen LogP contribution in [0.15, 0.2) is 36.4 Å². The van der Waals surface area contributed by atoms with Crippen LogP contribution in [0.1, 0.15) is 61.7 Å². The monoisotopic (exact) mass is 465 g/mol. The fourth-order valence-corrected chi connectivity index (χ4v) is 3.68. The molecule has 0 aliphatic carbocycles. The molecule has 0 radical (unpaired) electrons. The van der Waals surface area contributed by atoms with Crippen molar-refractivity contribution >= 4 is 27.7 Å². The summed E-state index contributed by atoms with van der Waals surface area (Å²) in [6.45, 7) is 3.15. The van der Waals surface area contributed by atoms with Gasteiger partial charge in [-0.25, -0.2) is 17.2 Å². The van der Waals surface area contributed by atoms with Crippen LogP contribution in [0.5, 0.6) is 0 Å². The molecule has 2 aromatic rings. The van der Waals surface area contributed by atoms with Gasteiger partial charge in [0.1, 0.15) is 12.5 Å². The van der Waals surface area contributed by atoms with E-state index >= 15 is 0 Å². The lowest BCUT2D eigenvalue weighted by atomic mass is 10.1. The minimum Gasteiger partial charge on any atom is -0.346 e. The van der Waals surface area contributed by atoms with Crippen molar-refractivity contribution in [3.63, 3.8) is 0 Å². The van der Waals surface area contributed by atoms with Gasteiger partial charge in [0, 0.05) is 11.8 Å². The van der Waals surface area contributed by atoms with Crippen LogP contribution in [0.4, 0.5) is 14.5 Å². The lowest BCUT2D eigenvalue weighted by molar-refractivity contribution is -0.117. The third-order valence-electron chi connectivity index (χ3n) is 4.78. The Labute approximate surface area is 188 Å². The maximum atomic E-state index is 14.2. The summed E-state index contributed by atoms with van der Waals surface area (Å²) in [5.74, 6) is -1.12. The molecule has 0 unspecified atom stereocenters. The Bertz CT molecular complexity index is 1070. The number of hydrogen-bond donors (Lipinski definition) is 2. The first-order chi connectivity index (χ1) is 15.1. The number of alkyl halides is 1. The van der Waals surface area contributed by atoms with Crippen LogP contribution in [-0.2, 0) is 27.9 Å². The molecule has 0 saturated carbocycles. The fraction of sp³-hybridized carbons (Fsp3) is 0.391. The van der Waals surface area contributed by atoms with Crippen LogP contribution in [0.2, 0.25) is 0 Å². The second-order valence-corrected chi connectivity index (χ2v) is 9.35. The molecule has 0 aliphatic rings. The van der Waals surface area contributed by atoms with E-state index in [4.69, 9.17) is 0 Å². The number of benzene rings is 1. The number of amides is 1. The first-order valence-electron chi connectivity index (χ1n) is 10.4. The minimum absolute atomic E-state index is 0.158. The zero-order valence-corrected chi connectivity index (χ0v) is 19.3. The summed E-state index contributed by atoms with van der Waals surface area (Å²) in [7, 11) is -3.60. The van der Waals surface area contributed by atoms with Gasteiger partial charge in [0.25, 0.3) is 0 Å². The van der Waals surface area contributed by atoms with E-state index in [-0.39, 0.29) is 11.6 Å². The first-order valence-corrected chi connectivity index (χ1v) is 12.3. The standard InChI is InChI=1S/C23H29F2N3O3S/c1-4-5-6-7-21-17(8-11-19(15-24)27-21)10-13-23(29)26-16(2)18-9-12-22(20(25)14-18)28-32(3,30)31/h8-14,16,28H,4-7,15H2,1-3H3,(H,26,29)/b13-10+/t16-/m1/s1. The van der Waals surface area contributed by atoms with E-state index in [1.54, 1.807) is 25.1 Å². The number of nitrogens with one attached hydrogen (secondary N) is 2. The normalized spacial score (nSPS) is 12.7. The molecular formula is C23H29F2N3O3S. The predicted molar refractivity (Wildman–Crippen MR) is 123 cm³/mol. The Kier molecular flexibility index (Phi) is 9.31. The summed E-state index contributed by atoms with van der Waals surface area (Å²) in [4.78, 5) is 16.7. The summed E-state index contributed by atoms with van der Waals surface area (Å²) < 4.78 is 51.8. The van der Waals surface area contributed by atoms with E-state index in [1.807, 2.05) is 0 Å². The molecule has 0 saturated heterocycles. The lowest BCUT2D eigenvalue weighted by Gasteiger charge is -2.14. The Hall–Kier alpha value is -2.81. The SMILES string of the molecule is CCCCCc1nc(CF)ccc1/C=C/C(=O)N[C@H](C)c1ccc(NS(C)(=O)=O)c(F)c1. The third kappa shape index (κ3) is 8.03. The minimum atomic E-state index is -3.60. The topological polar surface area (TPSA) is 88.2 Å². The van der Waals surface area contributed by atoms with Gasteiger partial charge in [-0.05, 0) is 55.2 Å². The fourth-order valence-electron chi connectivity index (χ4n) is 3.12. The van der Waals surface area contributed by atoms with Crippen molar-refractivity contribution in [3.05, 3.63) is 64.7 Å².